The van der Waals surface area contributed by atoms with Gasteiger partial charge in [0.25, 0.3) is 0 Å². The molecule has 0 N–H and O–H groups in total. The van der Waals surface area contributed by atoms with Gasteiger partial charge >= 0.3 is 0 Å². The minimum Gasteiger partial charge on any atom is -0.224 e. The van der Waals surface area contributed by atoms with Crippen molar-refractivity contribution in [3.8, 4) is 21.6 Å². The highest BCUT2D eigenvalue weighted by Gasteiger charge is 2.16. The van der Waals surface area contributed by atoms with E-state index in [9.17, 15) is 8.42 Å². The lowest BCUT2D eigenvalue weighted by molar-refractivity contribution is 0.602. The van der Waals surface area contributed by atoms with Gasteiger partial charge in [-0.25, -0.2) is 8.42 Å². The maximum atomic E-state index is 11.6. The van der Waals surface area contributed by atoms with Crippen LogP contribution in [0.5, 0.6) is 0 Å². The molecular weight excluding hydrogens is 423 g/mol. The highest BCUT2D eigenvalue weighted by molar-refractivity contribution is 7.90. The van der Waals surface area contributed by atoms with E-state index in [-0.39, 0.29) is 4.90 Å². The monoisotopic (exact) mass is 432 g/mol. The molecule has 0 saturated heterocycles. The Balaban J connectivity index is 2.16. The van der Waals surface area contributed by atoms with Crippen molar-refractivity contribution in [1.82, 2.24) is 0 Å². The lowest BCUT2D eigenvalue weighted by Crippen LogP contribution is -1.96. The standard InChI is InChI=1S/C16H10Cl2O2S4/c1-24(19,20)11-5-2-9(3-6-11)15-14(16(21)23-22-15)12-7-4-10(17)8-13(12)18/h2-8H,1H3. The van der Waals surface area contributed by atoms with Crippen LogP contribution in [0.2, 0.25) is 10.0 Å². The van der Waals surface area contributed by atoms with E-state index in [4.69, 9.17) is 35.4 Å². The molecule has 0 saturated carbocycles. The van der Waals surface area contributed by atoms with Gasteiger partial charge in [-0.15, -0.1) is 0 Å². The fourth-order valence-electron chi connectivity index (χ4n) is 2.23. The Labute approximate surface area is 162 Å². The summed E-state index contributed by atoms with van der Waals surface area (Å²) in [5.74, 6) is 0. The van der Waals surface area contributed by atoms with E-state index >= 15 is 0 Å². The first-order valence-electron chi connectivity index (χ1n) is 6.66. The molecule has 1 aromatic heterocycles. The molecule has 0 aliphatic carbocycles. The summed E-state index contributed by atoms with van der Waals surface area (Å²) in [6, 6.07) is 12.1. The normalized spacial score (nSPS) is 11.6. The van der Waals surface area contributed by atoms with Crippen LogP contribution in [0.15, 0.2) is 47.4 Å². The maximum absolute atomic E-state index is 11.6. The Bertz CT molecular complexity index is 1060. The van der Waals surface area contributed by atoms with Crippen molar-refractivity contribution in [1.29, 1.82) is 0 Å². The lowest BCUT2D eigenvalue weighted by Gasteiger charge is -2.07. The minimum absolute atomic E-state index is 0.288. The average molecular weight is 433 g/mol. The molecule has 0 amide bonds. The number of hydrogen-bond donors (Lipinski definition) is 0. The van der Waals surface area contributed by atoms with E-state index in [1.165, 1.54) is 16.6 Å². The molecular formula is C16H10Cl2O2S4. The Morgan fingerprint density at radius 2 is 1.67 bits per heavy atom. The van der Waals surface area contributed by atoms with Gasteiger partial charge in [0.05, 0.1) is 14.8 Å². The van der Waals surface area contributed by atoms with Gasteiger partial charge in [-0.3, -0.25) is 0 Å². The summed E-state index contributed by atoms with van der Waals surface area (Å²) in [4.78, 5) is 1.26. The zero-order chi connectivity index (χ0) is 17.5. The average Bonchev–Trinajstić information content (AvgIpc) is 2.88. The molecule has 0 aliphatic rings. The van der Waals surface area contributed by atoms with Crippen molar-refractivity contribution >= 4 is 65.9 Å². The first kappa shape index (κ1) is 18.0. The van der Waals surface area contributed by atoms with Crippen LogP contribution in [0.3, 0.4) is 0 Å². The van der Waals surface area contributed by atoms with Gasteiger partial charge in [-0.1, -0.05) is 74.3 Å². The summed E-state index contributed by atoms with van der Waals surface area (Å²) >= 11 is 17.8. The minimum atomic E-state index is -3.22. The van der Waals surface area contributed by atoms with Gasteiger partial charge in [0.2, 0.25) is 0 Å². The van der Waals surface area contributed by atoms with Gasteiger partial charge in [-0.05, 0) is 29.8 Å². The van der Waals surface area contributed by atoms with Crippen LogP contribution >= 0.6 is 56.1 Å². The predicted molar refractivity (Wildman–Crippen MR) is 107 cm³/mol. The fraction of sp³-hybridized carbons (Fsp3) is 0.0625. The van der Waals surface area contributed by atoms with Crippen molar-refractivity contribution in [3.05, 3.63) is 56.3 Å². The maximum Gasteiger partial charge on any atom is 0.175 e. The molecule has 3 aromatic rings. The third-order valence-electron chi connectivity index (χ3n) is 3.38. The molecule has 0 fully saturated rings. The summed E-state index contributed by atoms with van der Waals surface area (Å²) in [5.41, 5.74) is 2.61. The van der Waals surface area contributed by atoms with E-state index in [1.54, 1.807) is 46.7 Å². The zero-order valence-corrected chi connectivity index (χ0v) is 17.0. The molecule has 0 spiro atoms. The van der Waals surface area contributed by atoms with Gasteiger partial charge in [0.15, 0.2) is 9.84 Å². The highest BCUT2D eigenvalue weighted by atomic mass is 35.5. The predicted octanol–water partition coefficient (Wildman–Crippen LogP) is 6.58. The Morgan fingerprint density at radius 1 is 1.00 bits per heavy atom. The van der Waals surface area contributed by atoms with Gasteiger partial charge in [0, 0.05) is 22.4 Å². The van der Waals surface area contributed by atoms with Crippen molar-refractivity contribution in [3.63, 3.8) is 0 Å². The summed E-state index contributed by atoms with van der Waals surface area (Å²) in [6.45, 7) is 0. The topological polar surface area (TPSA) is 34.1 Å². The molecule has 8 heteroatoms. The Hall–Kier alpha value is -0.760. The molecule has 24 heavy (non-hydrogen) atoms. The first-order chi connectivity index (χ1) is 11.3. The van der Waals surface area contributed by atoms with E-state index < -0.39 is 9.84 Å². The van der Waals surface area contributed by atoms with Crippen molar-refractivity contribution < 1.29 is 8.42 Å². The van der Waals surface area contributed by atoms with Crippen molar-refractivity contribution in [2.24, 2.45) is 0 Å². The van der Waals surface area contributed by atoms with Gasteiger partial charge in [0.1, 0.15) is 3.82 Å². The SMILES string of the molecule is CS(=O)(=O)c1ccc(-c2ssc(=S)c2-c2ccc(Cl)cc2Cl)cc1. The number of rotatable bonds is 3. The van der Waals surface area contributed by atoms with Crippen LogP contribution in [0, 0.1) is 3.82 Å². The van der Waals surface area contributed by atoms with Crippen molar-refractivity contribution in [2.45, 2.75) is 4.90 Å². The smallest absolute Gasteiger partial charge is 0.175 e. The molecule has 1 heterocycles. The van der Waals surface area contributed by atoms with E-state index in [1.807, 2.05) is 6.07 Å². The van der Waals surface area contributed by atoms with E-state index in [0.717, 1.165) is 25.4 Å². The fourth-order valence-corrected chi connectivity index (χ4v) is 6.25. The Kier molecular flexibility index (Phi) is 5.16. The van der Waals surface area contributed by atoms with Crippen LogP contribution in [-0.2, 0) is 9.84 Å². The molecule has 0 radical (unpaired) electrons. The molecule has 0 aliphatic heterocycles. The third kappa shape index (κ3) is 3.59. The van der Waals surface area contributed by atoms with Crippen LogP contribution < -0.4 is 0 Å². The highest BCUT2D eigenvalue weighted by Crippen LogP contribution is 2.44. The summed E-state index contributed by atoms with van der Waals surface area (Å²) in [5, 5.41) is 1.10. The van der Waals surface area contributed by atoms with Crippen LogP contribution in [0.1, 0.15) is 0 Å². The van der Waals surface area contributed by atoms with Crippen LogP contribution in [-0.4, -0.2) is 14.7 Å². The lowest BCUT2D eigenvalue weighted by atomic mass is 10.0. The molecule has 3 rings (SSSR count). The molecule has 0 bridgehead atoms. The summed E-state index contributed by atoms with van der Waals surface area (Å²) < 4.78 is 24.0. The second kappa shape index (κ2) is 6.86. The van der Waals surface area contributed by atoms with Crippen LogP contribution in [0.25, 0.3) is 21.6 Å². The summed E-state index contributed by atoms with van der Waals surface area (Å²) in [6.07, 6.45) is 1.19. The summed E-state index contributed by atoms with van der Waals surface area (Å²) in [7, 11) is -0.184. The molecule has 2 nitrogen and oxygen atoms in total. The zero-order valence-electron chi connectivity index (χ0n) is 12.2. The first-order valence-corrected chi connectivity index (χ1v) is 11.9. The number of halogens is 2. The molecule has 2 aromatic carbocycles. The van der Waals surface area contributed by atoms with E-state index in [2.05, 4.69) is 0 Å². The molecule has 124 valence electrons. The van der Waals surface area contributed by atoms with Crippen LogP contribution in [0.4, 0.5) is 0 Å². The molecule has 0 unspecified atom stereocenters. The van der Waals surface area contributed by atoms with Gasteiger partial charge < -0.3 is 0 Å². The number of benzene rings is 2. The second-order valence-corrected chi connectivity index (χ2v) is 10.8. The van der Waals surface area contributed by atoms with Crippen molar-refractivity contribution in [2.75, 3.05) is 6.26 Å². The largest absolute Gasteiger partial charge is 0.224 e. The quantitative estimate of drug-likeness (QED) is 0.345. The van der Waals surface area contributed by atoms with Gasteiger partial charge in [-0.2, -0.15) is 0 Å². The number of sulfone groups is 1. The third-order valence-corrected chi connectivity index (χ3v) is 8.12. The van der Waals surface area contributed by atoms with E-state index in [0.29, 0.717) is 10.0 Å². The number of hydrogen-bond acceptors (Lipinski definition) is 5. The molecule has 0 atom stereocenters. The second-order valence-electron chi connectivity index (χ2n) is 5.08. The Morgan fingerprint density at radius 3 is 2.25 bits per heavy atom.